The molecule has 252 valence electrons. The van der Waals surface area contributed by atoms with Gasteiger partial charge in [-0.25, -0.2) is 4.98 Å². The molecule has 0 saturated carbocycles. The number of nitrogens with one attached hydrogen (secondary N) is 1. The lowest BCUT2D eigenvalue weighted by molar-refractivity contribution is 0.0319. The molecule has 0 radical (unpaired) electrons. The minimum atomic E-state index is 0.158. The highest BCUT2D eigenvalue weighted by Crippen LogP contribution is 2.51. The van der Waals surface area contributed by atoms with Gasteiger partial charge < -0.3 is 38.6 Å². The summed E-state index contributed by atoms with van der Waals surface area (Å²) in [5.74, 6) is 2.99. The van der Waals surface area contributed by atoms with Gasteiger partial charge in [-0.1, -0.05) is 30.0 Å². The summed E-state index contributed by atoms with van der Waals surface area (Å²) >= 11 is 1.71. The number of morpholine rings is 2. The second kappa shape index (κ2) is 15.5. The van der Waals surface area contributed by atoms with Crippen LogP contribution in [0.3, 0.4) is 0 Å². The average Bonchev–Trinajstić information content (AvgIpc) is 3.14. The Bertz CT molecular complexity index is 1680. The average molecular weight is 671 g/mol. The van der Waals surface area contributed by atoms with Crippen LogP contribution in [0.15, 0.2) is 82.6 Å². The molecule has 4 heterocycles. The van der Waals surface area contributed by atoms with Gasteiger partial charge in [0.1, 0.15) is 18.1 Å². The monoisotopic (exact) mass is 670 g/mol. The van der Waals surface area contributed by atoms with Gasteiger partial charge in [-0.3, -0.25) is 4.90 Å². The van der Waals surface area contributed by atoms with E-state index in [4.69, 9.17) is 33.4 Å². The van der Waals surface area contributed by atoms with Gasteiger partial charge in [0.25, 0.3) is 0 Å². The summed E-state index contributed by atoms with van der Waals surface area (Å²) in [6, 6.07) is 24.7. The smallest absolute Gasteiger partial charge is 0.216 e. The van der Waals surface area contributed by atoms with Crippen molar-refractivity contribution in [2.24, 2.45) is 0 Å². The van der Waals surface area contributed by atoms with Crippen LogP contribution in [0.25, 0.3) is 11.3 Å². The number of benzene rings is 3. The van der Waals surface area contributed by atoms with Crippen molar-refractivity contribution in [1.82, 2.24) is 9.88 Å². The first-order valence-corrected chi connectivity index (χ1v) is 17.3. The first-order valence-electron chi connectivity index (χ1n) is 16.4. The van der Waals surface area contributed by atoms with Crippen molar-refractivity contribution in [1.29, 1.82) is 0 Å². The predicted molar refractivity (Wildman–Crippen MR) is 187 cm³/mol. The Morgan fingerprint density at radius 3 is 2.44 bits per heavy atom. The Balaban J connectivity index is 1.13. The molecule has 3 aliphatic heterocycles. The molecule has 2 saturated heterocycles. The van der Waals surface area contributed by atoms with E-state index in [1.807, 2.05) is 36.4 Å². The molecule has 0 spiro atoms. The lowest BCUT2D eigenvalue weighted by Crippen LogP contribution is -2.44. The summed E-state index contributed by atoms with van der Waals surface area (Å²) in [7, 11) is 3.42. The van der Waals surface area contributed by atoms with E-state index in [1.165, 1.54) is 0 Å². The third-order valence-corrected chi connectivity index (χ3v) is 9.74. The van der Waals surface area contributed by atoms with Crippen LogP contribution in [-0.4, -0.2) is 95.9 Å². The number of hydrogen-bond acceptors (Lipinski definition) is 11. The lowest BCUT2D eigenvalue weighted by Gasteiger charge is -2.31. The van der Waals surface area contributed by atoms with Gasteiger partial charge in [-0.05, 0) is 54.1 Å². The molecular formula is C37H42N4O6S. The molecule has 1 N–H and O–H groups in total. The minimum Gasteiger partial charge on any atom is -0.497 e. The molecule has 2 fully saturated rings. The van der Waals surface area contributed by atoms with E-state index in [9.17, 15) is 0 Å². The number of anilines is 2. The highest BCUT2D eigenvalue weighted by molar-refractivity contribution is 7.99. The van der Waals surface area contributed by atoms with Gasteiger partial charge in [-0.2, -0.15) is 0 Å². The van der Waals surface area contributed by atoms with E-state index in [2.05, 4.69) is 51.5 Å². The summed E-state index contributed by atoms with van der Waals surface area (Å²) in [4.78, 5) is 11.8. The molecule has 3 aliphatic rings. The second-order valence-corrected chi connectivity index (χ2v) is 13.1. The number of para-hydroxylation sites is 1. The molecule has 10 nitrogen and oxygen atoms in total. The molecule has 7 rings (SSSR count). The predicted octanol–water partition coefficient (Wildman–Crippen LogP) is 6.19. The van der Waals surface area contributed by atoms with Gasteiger partial charge >= 0.3 is 0 Å². The van der Waals surface area contributed by atoms with Gasteiger partial charge in [-0.15, -0.1) is 0 Å². The van der Waals surface area contributed by atoms with Crippen molar-refractivity contribution < 1.29 is 28.4 Å². The Morgan fingerprint density at radius 1 is 0.875 bits per heavy atom. The Morgan fingerprint density at radius 2 is 1.67 bits per heavy atom. The number of hydrogen-bond donors (Lipinski definition) is 1. The number of fused-ring (bicyclic) bond motifs is 2. The van der Waals surface area contributed by atoms with Crippen molar-refractivity contribution >= 4 is 23.1 Å². The van der Waals surface area contributed by atoms with Gasteiger partial charge in [0.05, 0.1) is 61.7 Å². The topological polar surface area (TPSA) is 86.8 Å². The zero-order valence-electron chi connectivity index (χ0n) is 27.5. The van der Waals surface area contributed by atoms with Crippen molar-refractivity contribution in [3.63, 3.8) is 0 Å². The van der Waals surface area contributed by atoms with E-state index in [-0.39, 0.29) is 6.04 Å². The molecule has 1 unspecified atom stereocenters. The van der Waals surface area contributed by atoms with Crippen LogP contribution < -0.4 is 24.4 Å². The number of ether oxygens (including phenoxy) is 6. The van der Waals surface area contributed by atoms with Crippen molar-refractivity contribution in [3.8, 4) is 34.4 Å². The van der Waals surface area contributed by atoms with Gasteiger partial charge in [0.15, 0.2) is 5.75 Å². The van der Waals surface area contributed by atoms with Gasteiger partial charge in [0.2, 0.25) is 5.88 Å². The van der Waals surface area contributed by atoms with Crippen molar-refractivity contribution in [3.05, 3.63) is 78.4 Å². The molecule has 3 aromatic carbocycles. The first kappa shape index (κ1) is 32.5. The first-order chi connectivity index (χ1) is 23.6. The minimum absolute atomic E-state index is 0.158. The molecule has 4 aromatic rings. The molecule has 0 aliphatic carbocycles. The highest BCUT2D eigenvalue weighted by atomic mass is 32.2. The summed E-state index contributed by atoms with van der Waals surface area (Å²) in [5, 5.41) is 3.69. The van der Waals surface area contributed by atoms with Crippen LogP contribution in [0.1, 0.15) is 5.56 Å². The number of nitrogens with zero attached hydrogens (tertiary/aromatic N) is 3. The molecular weight excluding hydrogens is 628 g/mol. The van der Waals surface area contributed by atoms with Gasteiger partial charge in [0, 0.05) is 62.8 Å². The van der Waals surface area contributed by atoms with E-state index >= 15 is 0 Å². The quantitative estimate of drug-likeness (QED) is 0.165. The van der Waals surface area contributed by atoms with Crippen LogP contribution >= 0.6 is 11.8 Å². The van der Waals surface area contributed by atoms with E-state index in [1.54, 1.807) is 26.0 Å². The Kier molecular flexibility index (Phi) is 10.5. The van der Waals surface area contributed by atoms with Crippen LogP contribution in [0.2, 0.25) is 0 Å². The maximum absolute atomic E-state index is 6.65. The molecule has 1 aromatic heterocycles. The summed E-state index contributed by atoms with van der Waals surface area (Å²) in [6.07, 6.45) is 0. The van der Waals surface area contributed by atoms with Crippen molar-refractivity contribution in [2.75, 3.05) is 90.2 Å². The van der Waals surface area contributed by atoms with E-state index in [0.717, 1.165) is 101 Å². The largest absolute Gasteiger partial charge is 0.497 e. The number of pyridine rings is 1. The normalized spacial score (nSPS) is 16.8. The lowest BCUT2D eigenvalue weighted by atomic mass is 10.1. The summed E-state index contributed by atoms with van der Waals surface area (Å²) < 4.78 is 35.0. The van der Waals surface area contributed by atoms with E-state index in [0.29, 0.717) is 32.3 Å². The SMILES string of the molecule is COCC(CN1CCOCC1)Nc1ccc2c(c1)Sc1cccc(-c3cc(N4CCOCC4)cc(OCc4ccc(OC)cc4)n3)c1O2. The maximum Gasteiger partial charge on any atom is 0.216 e. The summed E-state index contributed by atoms with van der Waals surface area (Å²) in [5.41, 5.74) is 4.84. The Labute approximate surface area is 286 Å². The van der Waals surface area contributed by atoms with Crippen LogP contribution in [-0.2, 0) is 20.8 Å². The second-order valence-electron chi connectivity index (χ2n) is 12.0. The highest BCUT2D eigenvalue weighted by Gasteiger charge is 2.25. The molecule has 48 heavy (non-hydrogen) atoms. The third-order valence-electron chi connectivity index (χ3n) is 8.66. The molecule has 1 atom stereocenters. The van der Waals surface area contributed by atoms with Crippen LogP contribution in [0.5, 0.6) is 23.1 Å². The zero-order chi connectivity index (χ0) is 32.7. The van der Waals surface area contributed by atoms with E-state index < -0.39 is 0 Å². The zero-order valence-corrected chi connectivity index (χ0v) is 28.3. The summed E-state index contributed by atoms with van der Waals surface area (Å²) in [6.45, 7) is 8.33. The standard InChI is InChI=1S/C37H42N4O6S/c1-42-25-28(23-40-12-16-44-17-13-40)38-27-8-11-33-35(20-27)48-34-5-3-4-31(37(34)47-33)32-21-29(41-14-18-45-19-15-41)22-36(39-32)46-24-26-6-9-30(43-2)10-7-26/h3-11,20-22,28,38H,12-19,23-25H2,1-2H3. The number of aromatic nitrogens is 1. The maximum atomic E-state index is 6.65. The molecule has 11 heteroatoms. The van der Waals surface area contributed by atoms with Crippen LogP contribution in [0, 0.1) is 0 Å². The fourth-order valence-electron chi connectivity index (χ4n) is 6.15. The Hall–Kier alpha value is -4.00. The molecule has 0 bridgehead atoms. The third kappa shape index (κ3) is 7.82. The number of methoxy groups -OCH3 is 2. The van der Waals surface area contributed by atoms with Crippen molar-refractivity contribution in [2.45, 2.75) is 22.4 Å². The van der Waals surface area contributed by atoms with Crippen LogP contribution in [0.4, 0.5) is 11.4 Å². The molecule has 0 amide bonds. The fourth-order valence-corrected chi connectivity index (χ4v) is 7.18. The number of rotatable bonds is 12. The fraction of sp³-hybridized carbons (Fsp3) is 0.378.